The lowest BCUT2D eigenvalue weighted by Gasteiger charge is -2.32. The molecule has 0 aliphatic carbocycles. The standard InChI is InChI=1S/C12H22N2OS/c1-3-9(2)8-11(15)14-6-4-10(5-7-14)12(13)16/h9-10H,3-8H2,1-2H3,(H2,13,16). The number of hydrogen-bond donors (Lipinski definition) is 1. The van der Waals surface area contributed by atoms with Crippen molar-refractivity contribution in [2.24, 2.45) is 17.6 Å². The molecule has 3 nitrogen and oxygen atoms in total. The van der Waals surface area contributed by atoms with Gasteiger partial charge in [-0.25, -0.2) is 0 Å². The van der Waals surface area contributed by atoms with Crippen molar-refractivity contribution < 1.29 is 4.79 Å². The fourth-order valence-electron chi connectivity index (χ4n) is 1.98. The number of carbonyl (C=O) groups excluding carboxylic acids is 1. The molecule has 92 valence electrons. The Morgan fingerprint density at radius 3 is 2.50 bits per heavy atom. The first kappa shape index (κ1) is 13.4. The van der Waals surface area contributed by atoms with Crippen LogP contribution in [-0.4, -0.2) is 28.9 Å². The van der Waals surface area contributed by atoms with E-state index in [9.17, 15) is 4.79 Å². The number of nitrogens with two attached hydrogens (primary N) is 1. The third kappa shape index (κ3) is 3.74. The third-order valence-electron chi connectivity index (χ3n) is 3.47. The number of thiocarbonyl (C=S) groups is 1. The predicted molar refractivity (Wildman–Crippen MR) is 70.2 cm³/mol. The second-order valence-corrected chi connectivity index (χ2v) is 5.25. The minimum Gasteiger partial charge on any atom is -0.393 e. The molecule has 1 rings (SSSR count). The van der Waals surface area contributed by atoms with E-state index in [4.69, 9.17) is 18.0 Å². The van der Waals surface area contributed by atoms with Gasteiger partial charge < -0.3 is 10.6 Å². The van der Waals surface area contributed by atoms with Crippen LogP contribution in [0.3, 0.4) is 0 Å². The van der Waals surface area contributed by atoms with Gasteiger partial charge >= 0.3 is 0 Å². The van der Waals surface area contributed by atoms with Crippen molar-refractivity contribution in [1.29, 1.82) is 0 Å². The van der Waals surface area contributed by atoms with Gasteiger partial charge in [0.1, 0.15) is 0 Å². The molecule has 0 aromatic carbocycles. The second-order valence-electron chi connectivity index (χ2n) is 4.77. The second kappa shape index (κ2) is 6.18. The maximum absolute atomic E-state index is 11.9. The average Bonchev–Trinajstić information content (AvgIpc) is 2.28. The van der Waals surface area contributed by atoms with Crippen LogP contribution < -0.4 is 5.73 Å². The van der Waals surface area contributed by atoms with Gasteiger partial charge in [0.15, 0.2) is 0 Å². The van der Waals surface area contributed by atoms with Gasteiger partial charge in [-0.2, -0.15) is 0 Å². The Hall–Kier alpha value is -0.640. The lowest BCUT2D eigenvalue weighted by molar-refractivity contribution is -0.133. The number of likely N-dealkylation sites (tertiary alicyclic amines) is 1. The molecule has 0 bridgehead atoms. The fraction of sp³-hybridized carbons (Fsp3) is 0.833. The summed E-state index contributed by atoms with van der Waals surface area (Å²) in [5.41, 5.74) is 5.62. The maximum atomic E-state index is 11.9. The molecule has 0 spiro atoms. The molecule has 4 heteroatoms. The number of amides is 1. The highest BCUT2D eigenvalue weighted by Crippen LogP contribution is 2.19. The molecule has 0 saturated carbocycles. The van der Waals surface area contributed by atoms with E-state index < -0.39 is 0 Å². The molecule has 1 aliphatic heterocycles. The third-order valence-corrected chi connectivity index (χ3v) is 3.80. The van der Waals surface area contributed by atoms with Gasteiger partial charge in [-0.3, -0.25) is 4.79 Å². The maximum Gasteiger partial charge on any atom is 0.222 e. The molecular formula is C12H22N2OS. The van der Waals surface area contributed by atoms with E-state index in [0.717, 1.165) is 32.4 Å². The number of carbonyl (C=O) groups is 1. The van der Waals surface area contributed by atoms with Crippen LogP contribution in [0.1, 0.15) is 39.5 Å². The zero-order valence-corrected chi connectivity index (χ0v) is 11.1. The molecule has 0 aromatic heterocycles. The monoisotopic (exact) mass is 242 g/mol. The average molecular weight is 242 g/mol. The summed E-state index contributed by atoms with van der Waals surface area (Å²) in [5.74, 6) is 1.11. The summed E-state index contributed by atoms with van der Waals surface area (Å²) in [6.07, 6.45) is 3.60. The van der Waals surface area contributed by atoms with Crippen molar-refractivity contribution in [3.05, 3.63) is 0 Å². The van der Waals surface area contributed by atoms with Gasteiger partial charge in [0.25, 0.3) is 0 Å². The van der Waals surface area contributed by atoms with Gasteiger partial charge in [-0.05, 0) is 18.8 Å². The normalized spacial score (nSPS) is 19.5. The van der Waals surface area contributed by atoms with Crippen LogP contribution >= 0.6 is 12.2 Å². The van der Waals surface area contributed by atoms with Gasteiger partial charge in [0, 0.05) is 25.4 Å². The molecule has 1 amide bonds. The summed E-state index contributed by atoms with van der Waals surface area (Å²) in [6, 6.07) is 0. The van der Waals surface area contributed by atoms with Crippen molar-refractivity contribution in [2.75, 3.05) is 13.1 Å². The Balaban J connectivity index is 2.36. The Morgan fingerprint density at radius 2 is 2.06 bits per heavy atom. The largest absolute Gasteiger partial charge is 0.393 e. The van der Waals surface area contributed by atoms with Crippen molar-refractivity contribution >= 4 is 23.1 Å². The van der Waals surface area contributed by atoms with Crippen LogP contribution in [0.25, 0.3) is 0 Å². The topological polar surface area (TPSA) is 46.3 Å². The summed E-state index contributed by atoms with van der Waals surface area (Å²) >= 11 is 4.98. The number of hydrogen-bond acceptors (Lipinski definition) is 2. The zero-order chi connectivity index (χ0) is 12.1. The van der Waals surface area contributed by atoms with Crippen LogP contribution in [-0.2, 0) is 4.79 Å². The summed E-state index contributed by atoms with van der Waals surface area (Å²) in [5, 5.41) is 0. The van der Waals surface area contributed by atoms with E-state index in [1.54, 1.807) is 0 Å². The van der Waals surface area contributed by atoms with Crippen molar-refractivity contribution in [1.82, 2.24) is 4.90 Å². The lowest BCUT2D eigenvalue weighted by atomic mass is 9.96. The molecule has 1 fully saturated rings. The Morgan fingerprint density at radius 1 is 1.50 bits per heavy atom. The van der Waals surface area contributed by atoms with Crippen LogP contribution in [0, 0.1) is 11.8 Å². The molecule has 1 heterocycles. The Bertz CT molecular complexity index is 260. The minimum absolute atomic E-state index is 0.288. The first-order valence-corrected chi connectivity index (χ1v) is 6.52. The van der Waals surface area contributed by atoms with E-state index in [-0.39, 0.29) is 5.91 Å². The first-order valence-electron chi connectivity index (χ1n) is 6.11. The quantitative estimate of drug-likeness (QED) is 0.766. The Labute approximate surface area is 103 Å². The fourth-order valence-corrected chi connectivity index (χ4v) is 2.22. The molecule has 1 aliphatic rings. The van der Waals surface area contributed by atoms with Crippen molar-refractivity contribution in [3.8, 4) is 0 Å². The van der Waals surface area contributed by atoms with E-state index in [1.165, 1.54) is 0 Å². The summed E-state index contributed by atoms with van der Waals surface area (Å²) in [6.45, 7) is 5.88. The van der Waals surface area contributed by atoms with Gasteiger partial charge in [0.05, 0.1) is 4.99 Å². The minimum atomic E-state index is 0.288. The van der Waals surface area contributed by atoms with E-state index in [1.807, 2.05) is 4.90 Å². The van der Waals surface area contributed by atoms with Crippen LogP contribution in [0.5, 0.6) is 0 Å². The lowest BCUT2D eigenvalue weighted by Crippen LogP contribution is -2.41. The number of rotatable bonds is 4. The molecule has 0 radical (unpaired) electrons. The van der Waals surface area contributed by atoms with Gasteiger partial charge in [-0.1, -0.05) is 32.5 Å². The molecule has 0 aromatic rings. The van der Waals surface area contributed by atoms with Gasteiger partial charge in [0.2, 0.25) is 5.91 Å². The molecular weight excluding hydrogens is 220 g/mol. The molecule has 16 heavy (non-hydrogen) atoms. The van der Waals surface area contributed by atoms with Crippen molar-refractivity contribution in [3.63, 3.8) is 0 Å². The summed E-state index contributed by atoms with van der Waals surface area (Å²) in [7, 11) is 0. The highest BCUT2D eigenvalue weighted by atomic mass is 32.1. The SMILES string of the molecule is CCC(C)CC(=O)N1CCC(C(N)=S)CC1. The highest BCUT2D eigenvalue weighted by molar-refractivity contribution is 7.80. The van der Waals surface area contributed by atoms with E-state index in [0.29, 0.717) is 23.2 Å². The summed E-state index contributed by atoms with van der Waals surface area (Å²) in [4.78, 5) is 14.5. The molecule has 2 N–H and O–H groups in total. The molecule has 1 unspecified atom stereocenters. The van der Waals surface area contributed by atoms with E-state index in [2.05, 4.69) is 13.8 Å². The number of nitrogens with zero attached hydrogens (tertiary/aromatic N) is 1. The van der Waals surface area contributed by atoms with Crippen LogP contribution in [0.4, 0.5) is 0 Å². The smallest absolute Gasteiger partial charge is 0.222 e. The first-order chi connectivity index (χ1) is 7.54. The van der Waals surface area contributed by atoms with Crippen LogP contribution in [0.2, 0.25) is 0 Å². The van der Waals surface area contributed by atoms with Crippen molar-refractivity contribution in [2.45, 2.75) is 39.5 Å². The zero-order valence-electron chi connectivity index (χ0n) is 10.2. The molecule has 1 atom stereocenters. The highest BCUT2D eigenvalue weighted by Gasteiger charge is 2.24. The predicted octanol–water partition coefficient (Wildman–Crippen LogP) is 1.95. The Kier molecular flexibility index (Phi) is 5.19. The van der Waals surface area contributed by atoms with E-state index >= 15 is 0 Å². The summed E-state index contributed by atoms with van der Waals surface area (Å²) < 4.78 is 0. The number of piperidine rings is 1. The van der Waals surface area contributed by atoms with Gasteiger partial charge in [-0.15, -0.1) is 0 Å². The molecule has 1 saturated heterocycles. The van der Waals surface area contributed by atoms with Crippen LogP contribution in [0.15, 0.2) is 0 Å².